The first-order valence-corrected chi connectivity index (χ1v) is 6.58. The van der Waals surface area contributed by atoms with Crippen molar-refractivity contribution in [3.63, 3.8) is 0 Å². The number of nitrogens with two attached hydrogens (primary N) is 1. The van der Waals surface area contributed by atoms with Crippen molar-refractivity contribution in [2.24, 2.45) is 5.73 Å². The van der Waals surface area contributed by atoms with Crippen LogP contribution >= 0.6 is 11.5 Å². The van der Waals surface area contributed by atoms with E-state index in [1.165, 1.54) is 0 Å². The zero-order chi connectivity index (χ0) is 13.7. The van der Waals surface area contributed by atoms with E-state index >= 15 is 0 Å². The van der Waals surface area contributed by atoms with Crippen molar-refractivity contribution in [1.82, 2.24) is 9.69 Å². The van der Waals surface area contributed by atoms with Crippen LogP contribution in [0.5, 0.6) is 0 Å². The van der Waals surface area contributed by atoms with E-state index < -0.39 is 5.91 Å². The summed E-state index contributed by atoms with van der Waals surface area (Å²) < 4.78 is 4.17. The fraction of sp³-hybridized carbons (Fsp3) is 0.545. The highest BCUT2D eigenvalue weighted by Crippen LogP contribution is 2.29. The highest BCUT2D eigenvalue weighted by molar-refractivity contribution is 7.11. The Morgan fingerprint density at radius 3 is 2.61 bits per heavy atom. The predicted molar refractivity (Wildman–Crippen MR) is 72.0 cm³/mol. The maximum Gasteiger partial charge on any atom is 0.319 e. The van der Waals surface area contributed by atoms with Crippen LogP contribution in [0.3, 0.4) is 0 Å². The average molecular weight is 270 g/mol. The van der Waals surface area contributed by atoms with Gasteiger partial charge in [0.2, 0.25) is 0 Å². The number of amides is 3. The minimum absolute atomic E-state index is 0.0815. The van der Waals surface area contributed by atoms with Gasteiger partial charge in [-0.25, -0.2) is 4.79 Å². The number of nitrogens with one attached hydrogen (secondary N) is 2. The fourth-order valence-electron chi connectivity index (χ4n) is 1.41. The zero-order valence-electron chi connectivity index (χ0n) is 10.7. The van der Waals surface area contributed by atoms with Crippen LogP contribution in [-0.2, 0) is 0 Å². The summed E-state index contributed by atoms with van der Waals surface area (Å²) in [5.74, 6) is -0.490. The number of hydrogen-bond donors (Lipinski definition) is 3. The minimum atomic E-state index is -0.571. The molecule has 0 aliphatic rings. The summed E-state index contributed by atoms with van der Waals surface area (Å²) in [7, 11) is 0. The van der Waals surface area contributed by atoms with Gasteiger partial charge in [-0.1, -0.05) is 20.8 Å². The molecule has 4 N–H and O–H groups in total. The summed E-state index contributed by atoms with van der Waals surface area (Å²) in [4.78, 5) is 23.0. The molecule has 3 amide bonds. The van der Waals surface area contributed by atoms with Crippen LogP contribution in [0.25, 0.3) is 0 Å². The monoisotopic (exact) mass is 270 g/mol. The Kier molecular flexibility index (Phi) is 5.08. The van der Waals surface area contributed by atoms with Crippen LogP contribution in [0.1, 0.15) is 49.2 Å². The van der Waals surface area contributed by atoms with Gasteiger partial charge in [-0.3, -0.25) is 10.1 Å². The molecule has 0 fully saturated rings. The van der Waals surface area contributed by atoms with E-state index in [0.29, 0.717) is 22.8 Å². The Hall–Kier alpha value is -1.63. The Balaban J connectivity index is 2.89. The molecule has 100 valence electrons. The predicted octanol–water partition coefficient (Wildman–Crippen LogP) is 1.90. The fourth-order valence-corrected chi connectivity index (χ4v) is 2.33. The maximum atomic E-state index is 11.5. The number of carbonyl (C=O) groups excluding carboxylic acids is 2. The molecule has 0 saturated carbocycles. The summed E-state index contributed by atoms with van der Waals surface area (Å²) in [5.41, 5.74) is 6.26. The van der Waals surface area contributed by atoms with Crippen LogP contribution in [0, 0.1) is 0 Å². The lowest BCUT2D eigenvalue weighted by atomic mass is 10.1. The van der Waals surface area contributed by atoms with E-state index in [-0.39, 0.29) is 11.9 Å². The van der Waals surface area contributed by atoms with Crippen molar-refractivity contribution in [1.29, 1.82) is 0 Å². The normalized spacial score (nSPS) is 10.4. The SMILES string of the molecule is CCCNC(=O)Nc1snc(C(C)C)c1C(N)=O. The van der Waals surface area contributed by atoms with Gasteiger partial charge in [0.25, 0.3) is 5.91 Å². The number of anilines is 1. The van der Waals surface area contributed by atoms with Crippen LogP contribution in [-0.4, -0.2) is 22.9 Å². The van der Waals surface area contributed by atoms with Gasteiger partial charge in [0.15, 0.2) is 0 Å². The molecule has 1 rings (SSSR count). The van der Waals surface area contributed by atoms with E-state index in [4.69, 9.17) is 5.73 Å². The van der Waals surface area contributed by atoms with Crippen molar-refractivity contribution in [3.05, 3.63) is 11.3 Å². The van der Waals surface area contributed by atoms with Gasteiger partial charge in [-0.2, -0.15) is 4.37 Å². The highest BCUT2D eigenvalue weighted by Gasteiger charge is 2.21. The molecule has 0 saturated heterocycles. The molecule has 0 radical (unpaired) electrons. The Morgan fingerprint density at radius 2 is 2.11 bits per heavy atom. The van der Waals surface area contributed by atoms with Crippen molar-refractivity contribution < 1.29 is 9.59 Å². The zero-order valence-corrected chi connectivity index (χ0v) is 11.6. The number of primary amides is 1. The average Bonchev–Trinajstić information content (AvgIpc) is 2.70. The molecule has 7 heteroatoms. The lowest BCUT2D eigenvalue weighted by molar-refractivity contribution is 0.1000. The minimum Gasteiger partial charge on any atom is -0.365 e. The van der Waals surface area contributed by atoms with E-state index in [0.717, 1.165) is 18.0 Å². The van der Waals surface area contributed by atoms with Crippen molar-refractivity contribution in [3.8, 4) is 0 Å². The molecule has 0 aliphatic carbocycles. The Morgan fingerprint density at radius 1 is 1.44 bits per heavy atom. The molecule has 1 aromatic rings. The number of hydrogen-bond acceptors (Lipinski definition) is 4. The van der Waals surface area contributed by atoms with Gasteiger partial charge in [-0.05, 0) is 23.9 Å². The number of nitrogens with zero attached hydrogens (tertiary/aromatic N) is 1. The van der Waals surface area contributed by atoms with Gasteiger partial charge in [-0.15, -0.1) is 0 Å². The van der Waals surface area contributed by atoms with Crippen LogP contribution < -0.4 is 16.4 Å². The number of aromatic nitrogens is 1. The van der Waals surface area contributed by atoms with Crippen LogP contribution in [0.2, 0.25) is 0 Å². The summed E-state index contributed by atoms with van der Waals surface area (Å²) in [6, 6.07) is -0.349. The number of urea groups is 1. The third kappa shape index (κ3) is 3.43. The van der Waals surface area contributed by atoms with E-state index in [1.54, 1.807) is 0 Å². The first-order chi connectivity index (χ1) is 8.47. The van der Waals surface area contributed by atoms with E-state index in [9.17, 15) is 9.59 Å². The molecule has 18 heavy (non-hydrogen) atoms. The van der Waals surface area contributed by atoms with Crippen molar-refractivity contribution >= 4 is 28.5 Å². The quantitative estimate of drug-likeness (QED) is 0.762. The summed E-state index contributed by atoms with van der Waals surface area (Å²) in [5, 5.41) is 5.67. The largest absolute Gasteiger partial charge is 0.365 e. The van der Waals surface area contributed by atoms with Gasteiger partial charge in [0, 0.05) is 6.54 Å². The van der Waals surface area contributed by atoms with Crippen LogP contribution in [0.4, 0.5) is 9.80 Å². The molecule has 0 unspecified atom stereocenters. The number of carbonyl (C=O) groups is 2. The standard InChI is InChI=1S/C11H18N4O2S/c1-4-5-13-11(17)14-10-7(9(12)16)8(6(2)3)15-18-10/h6H,4-5H2,1-3H3,(H2,12,16)(H2,13,14,17). The Labute approximate surface area is 110 Å². The summed E-state index contributed by atoms with van der Waals surface area (Å²) in [6.45, 7) is 6.37. The van der Waals surface area contributed by atoms with Crippen molar-refractivity contribution in [2.45, 2.75) is 33.1 Å². The second-order valence-corrected chi connectivity index (χ2v) is 4.95. The van der Waals surface area contributed by atoms with Gasteiger partial charge < -0.3 is 11.1 Å². The van der Waals surface area contributed by atoms with E-state index in [1.807, 2.05) is 20.8 Å². The number of rotatable bonds is 5. The molecule has 1 heterocycles. The summed E-state index contributed by atoms with van der Waals surface area (Å²) in [6.07, 6.45) is 0.843. The maximum absolute atomic E-state index is 11.5. The summed E-state index contributed by atoms with van der Waals surface area (Å²) >= 11 is 1.07. The third-order valence-corrected chi connectivity index (χ3v) is 3.05. The second kappa shape index (κ2) is 6.34. The molecular weight excluding hydrogens is 252 g/mol. The third-order valence-electron chi connectivity index (χ3n) is 2.27. The lowest BCUT2D eigenvalue weighted by Gasteiger charge is -2.07. The highest BCUT2D eigenvalue weighted by atomic mass is 32.1. The van der Waals surface area contributed by atoms with Crippen molar-refractivity contribution in [2.75, 3.05) is 11.9 Å². The molecule has 0 atom stereocenters. The molecular formula is C11H18N4O2S. The van der Waals surface area contributed by atoms with Gasteiger partial charge in [0.1, 0.15) is 5.00 Å². The second-order valence-electron chi connectivity index (χ2n) is 4.17. The first kappa shape index (κ1) is 14.4. The molecule has 6 nitrogen and oxygen atoms in total. The van der Waals surface area contributed by atoms with Gasteiger partial charge in [0.05, 0.1) is 11.3 Å². The lowest BCUT2D eigenvalue weighted by Crippen LogP contribution is -2.29. The molecule has 0 bridgehead atoms. The van der Waals surface area contributed by atoms with E-state index in [2.05, 4.69) is 15.0 Å². The molecule has 1 aromatic heterocycles. The van der Waals surface area contributed by atoms with Gasteiger partial charge >= 0.3 is 6.03 Å². The van der Waals surface area contributed by atoms with Crippen LogP contribution in [0.15, 0.2) is 0 Å². The molecule has 0 aliphatic heterocycles. The topological polar surface area (TPSA) is 97.1 Å². The molecule has 0 aromatic carbocycles. The molecule has 0 spiro atoms. The Bertz CT molecular complexity index is 442. The first-order valence-electron chi connectivity index (χ1n) is 5.81. The smallest absolute Gasteiger partial charge is 0.319 e.